The van der Waals surface area contributed by atoms with Gasteiger partial charge in [0.2, 0.25) is 0 Å². The van der Waals surface area contributed by atoms with Gasteiger partial charge in [0, 0.05) is 24.9 Å². The predicted molar refractivity (Wildman–Crippen MR) is 83.0 cm³/mol. The van der Waals surface area contributed by atoms with E-state index in [-0.39, 0.29) is 0 Å². The van der Waals surface area contributed by atoms with Crippen molar-refractivity contribution in [3.63, 3.8) is 0 Å². The number of hydrogen-bond acceptors (Lipinski definition) is 3. The van der Waals surface area contributed by atoms with Gasteiger partial charge in [-0.25, -0.2) is 0 Å². The number of ketones is 1. The summed E-state index contributed by atoms with van der Waals surface area (Å²) in [5.41, 5.74) is 0. The molecule has 0 radical (unpaired) electrons. The maximum atomic E-state index is 11.2. The van der Waals surface area contributed by atoms with Crippen molar-refractivity contribution in [3.05, 3.63) is 0 Å². The molecule has 0 spiro atoms. The van der Waals surface area contributed by atoms with E-state index in [1.165, 1.54) is 38.5 Å². The van der Waals surface area contributed by atoms with Gasteiger partial charge < -0.3 is 5.21 Å². The first-order valence-electron chi connectivity index (χ1n) is 8.64. The number of carbonyl (C=O) groups is 1. The average molecular weight is 283 g/mol. The van der Waals surface area contributed by atoms with Crippen molar-refractivity contribution in [2.24, 2.45) is 0 Å². The van der Waals surface area contributed by atoms with Crippen molar-refractivity contribution in [1.29, 1.82) is 0 Å². The zero-order valence-corrected chi connectivity index (χ0v) is 13.4. The van der Waals surface area contributed by atoms with Gasteiger partial charge in [0.05, 0.1) is 0 Å². The van der Waals surface area contributed by atoms with Gasteiger partial charge in [0.1, 0.15) is 5.78 Å². The number of carbonyl (C=O) groups excluding carboxylic acids is 1. The van der Waals surface area contributed by atoms with E-state index in [2.05, 4.69) is 6.92 Å². The van der Waals surface area contributed by atoms with Crippen LogP contribution in [0.4, 0.5) is 0 Å². The predicted octanol–water partition coefficient (Wildman–Crippen LogP) is 4.72. The standard InChI is InChI=1S/C17H33NO2/c1-3-17(19)14-9-7-5-4-6-8-12-16-13-10-11-15(2)18(16)20/h15-16,20H,3-14H2,1-2H3/t15-,16+/m0/s1. The first kappa shape index (κ1) is 17.6. The summed E-state index contributed by atoms with van der Waals surface area (Å²) in [7, 11) is 0. The van der Waals surface area contributed by atoms with Crippen LogP contribution in [-0.4, -0.2) is 28.1 Å². The minimum atomic E-state index is 0.338. The average Bonchev–Trinajstić information content (AvgIpc) is 2.45. The molecule has 0 aromatic heterocycles. The van der Waals surface area contributed by atoms with E-state index in [0.717, 1.165) is 32.1 Å². The molecule has 1 aliphatic heterocycles. The highest BCUT2D eigenvalue weighted by Crippen LogP contribution is 2.24. The van der Waals surface area contributed by atoms with Crippen LogP contribution >= 0.6 is 0 Å². The van der Waals surface area contributed by atoms with Crippen molar-refractivity contribution in [1.82, 2.24) is 5.06 Å². The molecule has 20 heavy (non-hydrogen) atoms. The molecule has 1 aliphatic rings. The molecule has 0 aromatic carbocycles. The van der Waals surface area contributed by atoms with Crippen LogP contribution in [0.1, 0.15) is 90.9 Å². The van der Waals surface area contributed by atoms with Crippen molar-refractivity contribution in [2.45, 2.75) is 103 Å². The van der Waals surface area contributed by atoms with E-state index >= 15 is 0 Å². The molecule has 3 nitrogen and oxygen atoms in total. The normalized spacial score (nSPS) is 23.9. The Kier molecular flexibility index (Phi) is 9.12. The van der Waals surface area contributed by atoms with Crippen LogP contribution < -0.4 is 0 Å². The number of hydroxylamine groups is 2. The fourth-order valence-electron chi connectivity index (χ4n) is 3.14. The highest BCUT2D eigenvalue weighted by Gasteiger charge is 2.25. The maximum absolute atomic E-state index is 11.2. The van der Waals surface area contributed by atoms with Gasteiger partial charge in [0.25, 0.3) is 0 Å². The van der Waals surface area contributed by atoms with Crippen LogP contribution in [0.2, 0.25) is 0 Å². The number of piperidine rings is 1. The molecule has 0 unspecified atom stereocenters. The van der Waals surface area contributed by atoms with Gasteiger partial charge in [-0.1, -0.05) is 45.4 Å². The van der Waals surface area contributed by atoms with E-state index in [1.807, 2.05) is 6.92 Å². The van der Waals surface area contributed by atoms with Crippen LogP contribution in [0.3, 0.4) is 0 Å². The lowest BCUT2D eigenvalue weighted by molar-refractivity contribution is -0.174. The van der Waals surface area contributed by atoms with E-state index in [1.54, 1.807) is 5.06 Å². The summed E-state index contributed by atoms with van der Waals surface area (Å²) in [4.78, 5) is 11.2. The summed E-state index contributed by atoms with van der Waals surface area (Å²) in [6.45, 7) is 4.06. The summed E-state index contributed by atoms with van der Waals surface area (Å²) in [6, 6.07) is 0.728. The fraction of sp³-hybridized carbons (Fsp3) is 0.941. The molecule has 118 valence electrons. The Balaban J connectivity index is 1.93. The Bertz CT molecular complexity index is 268. The molecule has 0 bridgehead atoms. The van der Waals surface area contributed by atoms with Crippen LogP contribution in [0.25, 0.3) is 0 Å². The second-order valence-corrected chi connectivity index (χ2v) is 6.37. The molecule has 1 heterocycles. The molecule has 0 saturated carbocycles. The molecule has 1 fully saturated rings. The topological polar surface area (TPSA) is 40.5 Å². The summed E-state index contributed by atoms with van der Waals surface area (Å²) < 4.78 is 0. The van der Waals surface area contributed by atoms with Crippen LogP contribution in [0, 0.1) is 0 Å². The number of rotatable bonds is 10. The summed E-state index contributed by atoms with van der Waals surface area (Å²) >= 11 is 0. The third-order valence-corrected chi connectivity index (χ3v) is 4.62. The van der Waals surface area contributed by atoms with Crippen molar-refractivity contribution in [2.75, 3.05) is 0 Å². The van der Waals surface area contributed by atoms with Gasteiger partial charge >= 0.3 is 0 Å². The Morgan fingerprint density at radius 2 is 1.75 bits per heavy atom. The van der Waals surface area contributed by atoms with E-state index in [9.17, 15) is 10.0 Å². The summed E-state index contributed by atoms with van der Waals surface area (Å²) in [5, 5.41) is 11.6. The molecule has 2 atom stereocenters. The fourth-order valence-corrected chi connectivity index (χ4v) is 3.14. The second-order valence-electron chi connectivity index (χ2n) is 6.37. The SMILES string of the molecule is CCC(=O)CCCCCCCC[C@@H]1CCC[C@H](C)N1O. The van der Waals surface area contributed by atoms with Gasteiger partial charge in [-0.3, -0.25) is 4.79 Å². The maximum Gasteiger partial charge on any atom is 0.132 e. The third-order valence-electron chi connectivity index (χ3n) is 4.62. The van der Waals surface area contributed by atoms with E-state index in [4.69, 9.17) is 0 Å². The zero-order chi connectivity index (χ0) is 14.8. The second kappa shape index (κ2) is 10.3. The molecule has 1 N–H and O–H groups in total. The van der Waals surface area contributed by atoms with Crippen LogP contribution in [0.5, 0.6) is 0 Å². The Morgan fingerprint density at radius 1 is 1.10 bits per heavy atom. The highest BCUT2D eigenvalue weighted by molar-refractivity contribution is 5.77. The lowest BCUT2D eigenvalue weighted by atomic mass is 9.94. The number of Topliss-reactive ketones (excluding diaryl/α,β-unsaturated/α-hetero) is 1. The minimum absolute atomic E-state index is 0.338. The molecule has 1 rings (SSSR count). The van der Waals surface area contributed by atoms with Gasteiger partial charge in [-0.2, -0.15) is 5.06 Å². The highest BCUT2D eigenvalue weighted by atomic mass is 16.5. The van der Waals surface area contributed by atoms with Gasteiger partial charge in [0.15, 0.2) is 0 Å². The van der Waals surface area contributed by atoms with E-state index < -0.39 is 0 Å². The summed E-state index contributed by atoms with van der Waals surface area (Å²) in [6.07, 6.45) is 13.4. The molecule has 3 heteroatoms. The number of hydrogen-bond donors (Lipinski definition) is 1. The first-order chi connectivity index (χ1) is 9.65. The minimum Gasteiger partial charge on any atom is -0.313 e. The smallest absolute Gasteiger partial charge is 0.132 e. The van der Waals surface area contributed by atoms with Crippen molar-refractivity contribution >= 4 is 5.78 Å². The number of nitrogens with zero attached hydrogens (tertiary/aromatic N) is 1. The van der Waals surface area contributed by atoms with Gasteiger partial charge in [-0.05, 0) is 32.6 Å². The Hall–Kier alpha value is -0.410. The molecular formula is C17H33NO2. The molecule has 0 amide bonds. The lowest BCUT2D eigenvalue weighted by Gasteiger charge is -2.35. The van der Waals surface area contributed by atoms with Crippen molar-refractivity contribution < 1.29 is 10.0 Å². The third kappa shape index (κ3) is 6.85. The number of unbranched alkanes of at least 4 members (excludes halogenated alkanes) is 5. The van der Waals surface area contributed by atoms with Gasteiger partial charge in [-0.15, -0.1) is 0 Å². The van der Waals surface area contributed by atoms with E-state index in [0.29, 0.717) is 24.3 Å². The summed E-state index contributed by atoms with van der Waals surface area (Å²) in [5.74, 6) is 0.402. The first-order valence-corrected chi connectivity index (χ1v) is 8.64. The zero-order valence-electron chi connectivity index (χ0n) is 13.4. The molecule has 0 aliphatic carbocycles. The van der Waals surface area contributed by atoms with Crippen molar-refractivity contribution in [3.8, 4) is 0 Å². The monoisotopic (exact) mass is 283 g/mol. The van der Waals surface area contributed by atoms with Crippen LogP contribution in [-0.2, 0) is 4.79 Å². The Morgan fingerprint density at radius 3 is 2.45 bits per heavy atom. The molecule has 0 aromatic rings. The molecular weight excluding hydrogens is 250 g/mol. The van der Waals surface area contributed by atoms with Crippen LogP contribution in [0.15, 0.2) is 0 Å². The Labute approximate surface area is 124 Å². The quantitative estimate of drug-likeness (QED) is 0.590. The largest absolute Gasteiger partial charge is 0.313 e. The molecule has 1 saturated heterocycles. The lowest BCUT2D eigenvalue weighted by Crippen LogP contribution is -2.42.